The van der Waals surface area contributed by atoms with Gasteiger partial charge in [0.15, 0.2) is 0 Å². The molecule has 0 bridgehead atoms. The molecule has 0 aliphatic heterocycles. The molecule has 1 aromatic carbocycles. The number of rotatable bonds is 7. The van der Waals surface area contributed by atoms with Gasteiger partial charge < -0.3 is 9.73 Å². The van der Waals surface area contributed by atoms with Crippen LogP contribution in [0, 0.1) is 5.92 Å². The molecule has 1 atom stereocenters. The Morgan fingerprint density at radius 1 is 1.10 bits per heavy atom. The van der Waals surface area contributed by atoms with E-state index in [1.165, 1.54) is 5.56 Å². The van der Waals surface area contributed by atoms with Gasteiger partial charge in [0.2, 0.25) is 0 Å². The summed E-state index contributed by atoms with van der Waals surface area (Å²) in [4.78, 5) is 0. The number of furan rings is 1. The first kappa shape index (κ1) is 15.1. The van der Waals surface area contributed by atoms with Crippen LogP contribution in [0.5, 0.6) is 0 Å². The maximum absolute atomic E-state index is 5.94. The summed E-state index contributed by atoms with van der Waals surface area (Å²) in [7, 11) is 0. The summed E-state index contributed by atoms with van der Waals surface area (Å²) in [6.07, 6.45) is 3.72. The molecule has 0 saturated carbocycles. The molecule has 2 nitrogen and oxygen atoms in total. The van der Waals surface area contributed by atoms with Crippen LogP contribution < -0.4 is 5.32 Å². The Labute approximate surface area is 126 Å². The molecule has 0 spiro atoms. The van der Waals surface area contributed by atoms with E-state index < -0.39 is 0 Å². The quantitative estimate of drug-likeness (QED) is 0.821. The summed E-state index contributed by atoms with van der Waals surface area (Å²) >= 11 is 5.94. The Balaban J connectivity index is 1.99. The van der Waals surface area contributed by atoms with Crippen LogP contribution in [0.2, 0.25) is 5.02 Å². The monoisotopic (exact) mass is 291 g/mol. The van der Waals surface area contributed by atoms with E-state index in [0.29, 0.717) is 12.0 Å². The van der Waals surface area contributed by atoms with Crippen molar-refractivity contribution in [2.45, 2.75) is 32.7 Å². The summed E-state index contributed by atoms with van der Waals surface area (Å²) in [5.41, 5.74) is 1.32. The zero-order chi connectivity index (χ0) is 14.4. The van der Waals surface area contributed by atoms with Gasteiger partial charge in [0.1, 0.15) is 5.76 Å². The summed E-state index contributed by atoms with van der Waals surface area (Å²) in [6, 6.07) is 12.6. The minimum absolute atomic E-state index is 0.499. The van der Waals surface area contributed by atoms with Gasteiger partial charge in [-0.25, -0.2) is 0 Å². The second-order valence-electron chi connectivity index (χ2n) is 5.54. The zero-order valence-corrected chi connectivity index (χ0v) is 12.9. The molecule has 0 fully saturated rings. The fourth-order valence-electron chi connectivity index (χ4n) is 2.29. The summed E-state index contributed by atoms with van der Waals surface area (Å²) in [5, 5.41) is 4.31. The highest BCUT2D eigenvalue weighted by atomic mass is 35.5. The number of hydrogen-bond acceptors (Lipinski definition) is 2. The van der Waals surface area contributed by atoms with Crippen LogP contribution in [-0.4, -0.2) is 12.6 Å². The van der Waals surface area contributed by atoms with E-state index in [2.05, 4.69) is 31.3 Å². The molecular weight excluding hydrogens is 270 g/mol. The SMILES string of the molecule is CC(C)NCC(Cc1ccc(Cl)cc1)Cc1ccco1. The lowest BCUT2D eigenvalue weighted by Gasteiger charge is -2.18. The van der Waals surface area contributed by atoms with Crippen LogP contribution >= 0.6 is 11.6 Å². The molecule has 0 radical (unpaired) electrons. The van der Waals surface area contributed by atoms with E-state index in [1.54, 1.807) is 6.26 Å². The average molecular weight is 292 g/mol. The highest BCUT2D eigenvalue weighted by Gasteiger charge is 2.13. The molecule has 1 aromatic heterocycles. The predicted molar refractivity (Wildman–Crippen MR) is 84.2 cm³/mol. The fourth-order valence-corrected chi connectivity index (χ4v) is 2.41. The smallest absolute Gasteiger partial charge is 0.104 e. The largest absolute Gasteiger partial charge is 0.469 e. The van der Waals surface area contributed by atoms with Crippen molar-refractivity contribution in [3.63, 3.8) is 0 Å². The van der Waals surface area contributed by atoms with Crippen molar-refractivity contribution in [1.82, 2.24) is 5.32 Å². The van der Waals surface area contributed by atoms with Gasteiger partial charge in [0.05, 0.1) is 6.26 Å². The molecule has 1 N–H and O–H groups in total. The number of halogens is 1. The molecule has 2 rings (SSSR count). The Bertz CT molecular complexity index is 490. The van der Waals surface area contributed by atoms with E-state index in [-0.39, 0.29) is 0 Å². The maximum atomic E-state index is 5.94. The Kier molecular flexibility index (Phi) is 5.69. The molecule has 0 amide bonds. The minimum Gasteiger partial charge on any atom is -0.469 e. The van der Waals surface area contributed by atoms with Gasteiger partial charge in [-0.2, -0.15) is 0 Å². The Hall–Kier alpha value is -1.25. The van der Waals surface area contributed by atoms with Crippen LogP contribution in [0.3, 0.4) is 0 Å². The first-order chi connectivity index (χ1) is 9.63. The third kappa shape index (κ3) is 5.03. The maximum Gasteiger partial charge on any atom is 0.104 e. The van der Waals surface area contributed by atoms with Crippen LogP contribution in [0.25, 0.3) is 0 Å². The van der Waals surface area contributed by atoms with E-state index >= 15 is 0 Å². The molecule has 2 aromatic rings. The first-order valence-electron chi connectivity index (χ1n) is 7.13. The molecule has 0 saturated heterocycles. The van der Waals surface area contributed by atoms with Crippen LogP contribution in [0.1, 0.15) is 25.2 Å². The van der Waals surface area contributed by atoms with Crippen molar-refractivity contribution < 1.29 is 4.42 Å². The van der Waals surface area contributed by atoms with Crippen LogP contribution in [0.4, 0.5) is 0 Å². The second-order valence-corrected chi connectivity index (χ2v) is 5.98. The van der Waals surface area contributed by atoms with E-state index in [0.717, 1.165) is 30.2 Å². The van der Waals surface area contributed by atoms with Crippen LogP contribution in [-0.2, 0) is 12.8 Å². The minimum atomic E-state index is 0.499. The number of nitrogens with one attached hydrogen (secondary N) is 1. The summed E-state index contributed by atoms with van der Waals surface area (Å²) in [5.74, 6) is 1.57. The van der Waals surface area contributed by atoms with Gasteiger partial charge >= 0.3 is 0 Å². The van der Waals surface area contributed by atoms with E-state index in [1.807, 2.05) is 24.3 Å². The average Bonchev–Trinajstić information content (AvgIpc) is 2.91. The molecular formula is C17H22ClNO. The van der Waals surface area contributed by atoms with Gasteiger partial charge in [-0.15, -0.1) is 0 Å². The standard InChI is InChI=1S/C17H22ClNO/c1-13(2)19-12-15(11-17-4-3-9-20-17)10-14-5-7-16(18)8-6-14/h3-9,13,15,19H,10-12H2,1-2H3. The van der Waals surface area contributed by atoms with Gasteiger partial charge in [0.25, 0.3) is 0 Å². The Morgan fingerprint density at radius 3 is 2.45 bits per heavy atom. The molecule has 1 heterocycles. The highest BCUT2D eigenvalue weighted by Crippen LogP contribution is 2.17. The third-order valence-electron chi connectivity index (χ3n) is 3.32. The van der Waals surface area contributed by atoms with E-state index in [4.69, 9.17) is 16.0 Å². The lowest BCUT2D eigenvalue weighted by molar-refractivity contribution is 0.402. The van der Waals surface area contributed by atoms with Crippen molar-refractivity contribution >= 4 is 11.6 Å². The molecule has 3 heteroatoms. The molecule has 0 aliphatic rings. The van der Waals surface area contributed by atoms with E-state index in [9.17, 15) is 0 Å². The van der Waals surface area contributed by atoms with Gasteiger partial charge in [-0.3, -0.25) is 0 Å². The number of benzene rings is 1. The van der Waals surface area contributed by atoms with Gasteiger partial charge in [0, 0.05) is 17.5 Å². The zero-order valence-electron chi connectivity index (χ0n) is 12.1. The first-order valence-corrected chi connectivity index (χ1v) is 7.51. The van der Waals surface area contributed by atoms with Gasteiger partial charge in [-0.05, 0) is 48.7 Å². The molecule has 1 unspecified atom stereocenters. The molecule has 0 aliphatic carbocycles. The lowest BCUT2D eigenvalue weighted by Crippen LogP contribution is -2.31. The van der Waals surface area contributed by atoms with Crippen molar-refractivity contribution in [2.24, 2.45) is 5.92 Å². The van der Waals surface area contributed by atoms with Crippen LogP contribution in [0.15, 0.2) is 47.1 Å². The summed E-state index contributed by atoms with van der Waals surface area (Å²) in [6.45, 7) is 5.33. The predicted octanol–water partition coefficient (Wildman–Crippen LogP) is 4.33. The second kappa shape index (κ2) is 7.51. The van der Waals surface area contributed by atoms with Crippen molar-refractivity contribution in [3.05, 3.63) is 59.0 Å². The van der Waals surface area contributed by atoms with Crippen molar-refractivity contribution in [1.29, 1.82) is 0 Å². The van der Waals surface area contributed by atoms with Gasteiger partial charge in [-0.1, -0.05) is 37.6 Å². The molecule has 108 valence electrons. The normalized spacial score (nSPS) is 12.8. The highest BCUT2D eigenvalue weighted by molar-refractivity contribution is 6.30. The molecule has 20 heavy (non-hydrogen) atoms. The lowest BCUT2D eigenvalue weighted by atomic mass is 9.95. The fraction of sp³-hybridized carbons (Fsp3) is 0.412. The van der Waals surface area contributed by atoms with Crippen molar-refractivity contribution in [2.75, 3.05) is 6.54 Å². The summed E-state index contributed by atoms with van der Waals surface area (Å²) < 4.78 is 5.48. The van der Waals surface area contributed by atoms with Crippen molar-refractivity contribution in [3.8, 4) is 0 Å². The number of hydrogen-bond donors (Lipinski definition) is 1. The Morgan fingerprint density at radius 2 is 1.85 bits per heavy atom. The topological polar surface area (TPSA) is 25.2 Å². The third-order valence-corrected chi connectivity index (χ3v) is 3.57.